The second kappa shape index (κ2) is 7.17. The van der Waals surface area contributed by atoms with Crippen LogP contribution in [0.4, 0.5) is 0 Å². The molecule has 3 heteroatoms. The van der Waals surface area contributed by atoms with Crippen LogP contribution in [0.3, 0.4) is 0 Å². The second-order valence-electron chi connectivity index (χ2n) is 5.11. The van der Waals surface area contributed by atoms with E-state index in [1.165, 1.54) is 11.1 Å². The van der Waals surface area contributed by atoms with Gasteiger partial charge in [0.15, 0.2) is 0 Å². The standard InChI is InChI=1S/C17H23N3/c1-3-20(12-15-9-6-7-11-19-15)13-17(18)16-10-5-4-8-14(16)2/h4-11,17H,3,12-13,18H2,1-2H3. The van der Waals surface area contributed by atoms with Crippen LogP contribution >= 0.6 is 0 Å². The Kier molecular flexibility index (Phi) is 5.27. The molecule has 2 aromatic rings. The molecule has 0 radical (unpaired) electrons. The van der Waals surface area contributed by atoms with Gasteiger partial charge in [0, 0.05) is 25.3 Å². The van der Waals surface area contributed by atoms with Gasteiger partial charge in [-0.05, 0) is 36.7 Å². The molecule has 1 atom stereocenters. The molecule has 0 fully saturated rings. The van der Waals surface area contributed by atoms with Crippen LogP contribution in [0.25, 0.3) is 0 Å². The van der Waals surface area contributed by atoms with Gasteiger partial charge in [0.25, 0.3) is 0 Å². The van der Waals surface area contributed by atoms with Gasteiger partial charge in [-0.15, -0.1) is 0 Å². The fourth-order valence-corrected chi connectivity index (χ4v) is 2.41. The van der Waals surface area contributed by atoms with Crippen molar-refractivity contribution in [3.05, 3.63) is 65.5 Å². The third kappa shape index (κ3) is 3.89. The molecule has 1 unspecified atom stereocenters. The average Bonchev–Trinajstić information content (AvgIpc) is 2.48. The molecule has 0 aliphatic heterocycles. The maximum atomic E-state index is 6.36. The molecule has 2 N–H and O–H groups in total. The normalized spacial score (nSPS) is 12.6. The van der Waals surface area contributed by atoms with E-state index < -0.39 is 0 Å². The molecule has 1 aromatic heterocycles. The smallest absolute Gasteiger partial charge is 0.0543 e. The molecule has 1 heterocycles. The van der Waals surface area contributed by atoms with Crippen LogP contribution in [0.15, 0.2) is 48.7 Å². The van der Waals surface area contributed by atoms with Crippen molar-refractivity contribution in [2.75, 3.05) is 13.1 Å². The Balaban J connectivity index is 2.01. The number of aryl methyl sites for hydroxylation is 1. The predicted molar refractivity (Wildman–Crippen MR) is 83.3 cm³/mol. The number of aromatic nitrogens is 1. The lowest BCUT2D eigenvalue weighted by molar-refractivity contribution is 0.259. The highest BCUT2D eigenvalue weighted by Crippen LogP contribution is 2.17. The minimum atomic E-state index is 0.0415. The van der Waals surface area contributed by atoms with E-state index >= 15 is 0 Å². The first-order chi connectivity index (χ1) is 9.70. The van der Waals surface area contributed by atoms with E-state index in [1.807, 2.05) is 18.3 Å². The molecule has 1 aromatic carbocycles. The van der Waals surface area contributed by atoms with Crippen LogP contribution in [-0.2, 0) is 6.54 Å². The summed E-state index contributed by atoms with van der Waals surface area (Å²) in [7, 11) is 0. The van der Waals surface area contributed by atoms with Crippen molar-refractivity contribution in [1.82, 2.24) is 9.88 Å². The maximum Gasteiger partial charge on any atom is 0.0543 e. The van der Waals surface area contributed by atoms with E-state index in [1.54, 1.807) is 0 Å². The molecule has 0 aliphatic rings. The molecule has 0 aliphatic carbocycles. The lowest BCUT2D eigenvalue weighted by Crippen LogP contribution is -2.32. The van der Waals surface area contributed by atoms with Crippen LogP contribution in [0, 0.1) is 6.92 Å². The summed E-state index contributed by atoms with van der Waals surface area (Å²) in [6, 6.07) is 14.4. The largest absolute Gasteiger partial charge is 0.323 e. The highest BCUT2D eigenvalue weighted by atomic mass is 15.1. The number of nitrogens with zero attached hydrogens (tertiary/aromatic N) is 2. The van der Waals surface area contributed by atoms with Crippen molar-refractivity contribution >= 4 is 0 Å². The summed E-state index contributed by atoms with van der Waals surface area (Å²) in [5.74, 6) is 0. The van der Waals surface area contributed by atoms with E-state index in [4.69, 9.17) is 5.73 Å². The molecule has 0 saturated heterocycles. The van der Waals surface area contributed by atoms with Crippen molar-refractivity contribution < 1.29 is 0 Å². The summed E-state index contributed by atoms with van der Waals surface area (Å²) in [6.45, 7) is 6.93. The lowest BCUT2D eigenvalue weighted by Gasteiger charge is -2.25. The summed E-state index contributed by atoms with van der Waals surface area (Å²) in [6.07, 6.45) is 1.84. The molecular weight excluding hydrogens is 246 g/mol. The van der Waals surface area contributed by atoms with E-state index in [2.05, 4.69) is 54.1 Å². The Labute approximate surface area is 121 Å². The molecule has 3 nitrogen and oxygen atoms in total. The van der Waals surface area contributed by atoms with E-state index in [0.29, 0.717) is 0 Å². The fourth-order valence-electron chi connectivity index (χ4n) is 2.41. The van der Waals surface area contributed by atoms with Gasteiger partial charge in [-0.1, -0.05) is 37.3 Å². The number of rotatable bonds is 6. The van der Waals surface area contributed by atoms with Crippen LogP contribution in [0.1, 0.15) is 29.8 Å². The van der Waals surface area contributed by atoms with E-state index in [-0.39, 0.29) is 6.04 Å². The second-order valence-corrected chi connectivity index (χ2v) is 5.11. The third-order valence-electron chi connectivity index (χ3n) is 3.60. The Morgan fingerprint density at radius 1 is 1.15 bits per heavy atom. The van der Waals surface area contributed by atoms with Gasteiger partial charge >= 0.3 is 0 Å². The van der Waals surface area contributed by atoms with Gasteiger partial charge in [-0.3, -0.25) is 9.88 Å². The zero-order chi connectivity index (χ0) is 14.4. The first kappa shape index (κ1) is 14.7. The van der Waals surface area contributed by atoms with Crippen LogP contribution < -0.4 is 5.73 Å². The Morgan fingerprint density at radius 2 is 1.90 bits per heavy atom. The Bertz CT molecular complexity index is 525. The van der Waals surface area contributed by atoms with Crippen LogP contribution in [-0.4, -0.2) is 23.0 Å². The van der Waals surface area contributed by atoms with Crippen molar-refractivity contribution in [2.45, 2.75) is 26.4 Å². The molecule has 106 valence electrons. The van der Waals surface area contributed by atoms with Crippen molar-refractivity contribution in [1.29, 1.82) is 0 Å². The van der Waals surface area contributed by atoms with Gasteiger partial charge in [0.1, 0.15) is 0 Å². The summed E-state index contributed by atoms with van der Waals surface area (Å²) in [4.78, 5) is 6.71. The first-order valence-electron chi connectivity index (χ1n) is 7.14. The Hall–Kier alpha value is -1.71. The molecule has 0 saturated carbocycles. The molecular formula is C17H23N3. The molecule has 0 amide bonds. The lowest BCUT2D eigenvalue weighted by atomic mass is 10.0. The van der Waals surface area contributed by atoms with Crippen molar-refractivity contribution in [2.24, 2.45) is 5.73 Å². The summed E-state index contributed by atoms with van der Waals surface area (Å²) in [5.41, 5.74) is 9.94. The maximum absolute atomic E-state index is 6.36. The van der Waals surface area contributed by atoms with Gasteiger partial charge in [-0.2, -0.15) is 0 Å². The molecule has 2 rings (SSSR count). The fraction of sp³-hybridized carbons (Fsp3) is 0.353. The van der Waals surface area contributed by atoms with Crippen LogP contribution in [0.2, 0.25) is 0 Å². The van der Waals surface area contributed by atoms with Gasteiger partial charge in [0.2, 0.25) is 0 Å². The predicted octanol–water partition coefficient (Wildman–Crippen LogP) is 2.91. The minimum absolute atomic E-state index is 0.0415. The number of pyridine rings is 1. The van der Waals surface area contributed by atoms with Gasteiger partial charge in [-0.25, -0.2) is 0 Å². The summed E-state index contributed by atoms with van der Waals surface area (Å²) < 4.78 is 0. The molecule has 20 heavy (non-hydrogen) atoms. The molecule has 0 spiro atoms. The van der Waals surface area contributed by atoms with Crippen LogP contribution in [0.5, 0.6) is 0 Å². The monoisotopic (exact) mass is 269 g/mol. The third-order valence-corrected chi connectivity index (χ3v) is 3.60. The number of likely N-dealkylation sites (N-methyl/N-ethyl adjacent to an activating group) is 1. The van der Waals surface area contributed by atoms with Crippen molar-refractivity contribution in [3.63, 3.8) is 0 Å². The van der Waals surface area contributed by atoms with E-state index in [0.717, 1.165) is 25.3 Å². The van der Waals surface area contributed by atoms with E-state index in [9.17, 15) is 0 Å². The molecule has 0 bridgehead atoms. The SMILES string of the molecule is CCN(Cc1ccccn1)CC(N)c1ccccc1C. The number of hydrogen-bond acceptors (Lipinski definition) is 3. The summed E-state index contributed by atoms with van der Waals surface area (Å²) >= 11 is 0. The number of benzene rings is 1. The summed E-state index contributed by atoms with van der Waals surface area (Å²) in [5, 5.41) is 0. The zero-order valence-electron chi connectivity index (χ0n) is 12.3. The minimum Gasteiger partial charge on any atom is -0.323 e. The zero-order valence-corrected chi connectivity index (χ0v) is 12.3. The Morgan fingerprint density at radius 3 is 2.55 bits per heavy atom. The highest BCUT2D eigenvalue weighted by molar-refractivity contribution is 5.28. The first-order valence-corrected chi connectivity index (χ1v) is 7.14. The quantitative estimate of drug-likeness (QED) is 0.876. The van der Waals surface area contributed by atoms with Crippen molar-refractivity contribution in [3.8, 4) is 0 Å². The number of nitrogens with two attached hydrogens (primary N) is 1. The average molecular weight is 269 g/mol. The van der Waals surface area contributed by atoms with Gasteiger partial charge in [0.05, 0.1) is 5.69 Å². The number of hydrogen-bond donors (Lipinski definition) is 1. The topological polar surface area (TPSA) is 42.2 Å². The van der Waals surface area contributed by atoms with Gasteiger partial charge < -0.3 is 5.73 Å². The highest BCUT2D eigenvalue weighted by Gasteiger charge is 2.13.